The smallest absolute Gasteiger partial charge is 0.251 e. The number of aliphatic hydroxyl groups is 1. The van der Waals surface area contributed by atoms with Crippen LogP contribution < -0.4 is 14.5 Å². The molecule has 0 aromatic heterocycles. The first-order valence-electron chi connectivity index (χ1n) is 16.6. The normalized spacial score (nSPS) is 26.9. The van der Waals surface area contributed by atoms with Crippen LogP contribution in [0.15, 0.2) is 67.8 Å². The summed E-state index contributed by atoms with van der Waals surface area (Å²) >= 11 is 12.2. The first kappa shape index (κ1) is 36.5. The Balaban J connectivity index is 1.64. The molecule has 0 aliphatic carbocycles. The number of aryl methyl sites for hydroxylation is 1. The number of benzene rings is 2. The van der Waals surface area contributed by atoms with Gasteiger partial charge < -0.3 is 24.5 Å². The third-order valence-corrected chi connectivity index (χ3v) is 13.7. The third kappa shape index (κ3) is 6.11. The lowest BCUT2D eigenvalue weighted by molar-refractivity contribution is -0.143. The number of nitrogens with zero attached hydrogens (tertiary/aromatic N) is 3. The monoisotopic (exact) mass is 757 g/mol. The summed E-state index contributed by atoms with van der Waals surface area (Å²) in [6, 6.07) is 11.3. The molecule has 3 unspecified atom stereocenters. The zero-order valence-corrected chi connectivity index (χ0v) is 31.1. The third-order valence-electron chi connectivity index (χ3n) is 10.2. The number of aliphatic hydroxyl groups excluding tert-OH is 1. The largest absolute Gasteiger partial charge is 0.494 e. The highest BCUT2D eigenvalue weighted by atomic mass is 79.9. The van der Waals surface area contributed by atoms with E-state index in [2.05, 4.69) is 29.1 Å². The van der Waals surface area contributed by atoms with Gasteiger partial charge in [0.2, 0.25) is 11.8 Å². The second-order valence-corrected chi connectivity index (χ2v) is 16.0. The molecule has 8 nitrogen and oxygen atoms in total. The fraction of sp³-hybridized carbons (Fsp3) is 0.486. The summed E-state index contributed by atoms with van der Waals surface area (Å²) in [7, 11) is 0. The number of thioether (sulfide) groups is 1. The Kier molecular flexibility index (Phi) is 11.4. The number of hydrogen-bond acceptors (Lipinski definition) is 6. The Hall–Kier alpha value is -2.79. The Morgan fingerprint density at radius 2 is 1.81 bits per heavy atom. The molecule has 2 aromatic carbocycles. The minimum Gasteiger partial charge on any atom is -0.494 e. The molecule has 48 heavy (non-hydrogen) atoms. The molecule has 0 saturated carbocycles. The lowest BCUT2D eigenvalue weighted by Gasteiger charge is -2.41. The number of amides is 3. The van der Waals surface area contributed by atoms with Gasteiger partial charge in [0.05, 0.1) is 46.5 Å². The average molecular weight is 759 g/mol. The molecule has 8 atom stereocenters. The predicted octanol–water partition coefficient (Wildman–Crippen LogP) is 6.66. The second kappa shape index (κ2) is 15.0. The lowest BCUT2D eigenvalue weighted by atomic mass is 9.70. The van der Waals surface area contributed by atoms with Gasteiger partial charge in [0.1, 0.15) is 11.8 Å². The first-order valence-corrected chi connectivity index (χ1v) is 18.8. The van der Waals surface area contributed by atoms with E-state index in [1.165, 1.54) is 0 Å². The number of ether oxygens (including phenoxy) is 1. The summed E-state index contributed by atoms with van der Waals surface area (Å²) in [4.78, 5) is 49.7. The minimum atomic E-state index is -0.942. The summed E-state index contributed by atoms with van der Waals surface area (Å²) in [5.41, 5.74) is 2.05. The molecule has 258 valence electrons. The van der Waals surface area contributed by atoms with Crippen molar-refractivity contribution in [1.29, 1.82) is 0 Å². The molecule has 11 heteroatoms. The van der Waals surface area contributed by atoms with Gasteiger partial charge in [-0.2, -0.15) is 0 Å². The van der Waals surface area contributed by atoms with E-state index in [-0.39, 0.29) is 53.4 Å². The molecule has 5 rings (SSSR count). The van der Waals surface area contributed by atoms with Crippen molar-refractivity contribution in [3.05, 3.63) is 78.4 Å². The topological polar surface area (TPSA) is 90.4 Å². The lowest BCUT2D eigenvalue weighted by Crippen LogP contribution is -2.59. The fourth-order valence-electron chi connectivity index (χ4n) is 7.85. The van der Waals surface area contributed by atoms with Gasteiger partial charge >= 0.3 is 0 Å². The van der Waals surface area contributed by atoms with Crippen LogP contribution in [-0.4, -0.2) is 80.9 Å². The van der Waals surface area contributed by atoms with Crippen LogP contribution in [0.1, 0.15) is 39.2 Å². The Morgan fingerprint density at radius 3 is 2.40 bits per heavy atom. The maximum absolute atomic E-state index is 15.2. The van der Waals surface area contributed by atoms with Crippen molar-refractivity contribution in [3.8, 4) is 5.75 Å². The van der Waals surface area contributed by atoms with Crippen molar-refractivity contribution in [2.75, 3.05) is 36.1 Å². The van der Waals surface area contributed by atoms with Crippen molar-refractivity contribution < 1.29 is 24.2 Å². The molecule has 0 radical (unpaired) electrons. The number of hydrogen-bond donors (Lipinski definition) is 1. The van der Waals surface area contributed by atoms with Crippen molar-refractivity contribution in [2.45, 2.75) is 67.4 Å². The van der Waals surface area contributed by atoms with Gasteiger partial charge in [-0.3, -0.25) is 14.4 Å². The molecule has 1 N–H and O–H groups in total. The average Bonchev–Trinajstić information content (AvgIpc) is 3.66. The number of carbonyl (C=O) groups excluding carboxylic acids is 3. The number of fused-ring (bicyclic) bond motifs is 1. The van der Waals surface area contributed by atoms with Crippen LogP contribution in [-0.2, 0) is 14.4 Å². The molecule has 3 heterocycles. The van der Waals surface area contributed by atoms with E-state index < -0.39 is 28.7 Å². The standard InChI is InChI=1S/C37H45BrClN3O5S/c1-7-18-40(24-14-16-25(17-15-24)47-10-4)34(44)29-30-35(45)42(28(21-43)22(5)9-3)33(37(30)20-26(38)32(29)48-37)36(46)41(19-8-2)31-23(6)12-11-13-27(31)39/h7-8,11-17,22,26,28-30,32-33,43H,1-2,9-10,18-21H2,3-6H3/t22-,26?,28-,29+,30-,32+,33?,37?/m0/s1. The molecule has 3 aliphatic heterocycles. The number of anilines is 2. The highest BCUT2D eigenvalue weighted by Gasteiger charge is 2.76. The van der Waals surface area contributed by atoms with Gasteiger partial charge in [0, 0.05) is 28.9 Å². The molecule has 3 aliphatic rings. The highest BCUT2D eigenvalue weighted by molar-refractivity contribution is 9.09. The summed E-state index contributed by atoms with van der Waals surface area (Å²) in [5.74, 6) is -1.63. The summed E-state index contributed by atoms with van der Waals surface area (Å²) < 4.78 is 4.71. The summed E-state index contributed by atoms with van der Waals surface area (Å²) in [6.45, 7) is 16.3. The number of para-hydroxylation sites is 1. The first-order chi connectivity index (χ1) is 23.0. The molecule has 1 spiro atoms. The number of likely N-dealkylation sites (tertiary alicyclic amines) is 1. The molecule has 3 saturated heterocycles. The molecular formula is C37H45BrClN3O5S. The Morgan fingerprint density at radius 1 is 1.15 bits per heavy atom. The van der Waals surface area contributed by atoms with Gasteiger partial charge in [-0.15, -0.1) is 24.9 Å². The van der Waals surface area contributed by atoms with Gasteiger partial charge in [-0.25, -0.2) is 0 Å². The van der Waals surface area contributed by atoms with Crippen molar-refractivity contribution in [1.82, 2.24) is 4.90 Å². The highest BCUT2D eigenvalue weighted by Crippen LogP contribution is 2.68. The van der Waals surface area contributed by atoms with Gasteiger partial charge in [-0.1, -0.05) is 72.1 Å². The van der Waals surface area contributed by atoms with Crippen LogP contribution in [0.5, 0.6) is 5.75 Å². The van der Waals surface area contributed by atoms with Gasteiger partial charge in [-0.05, 0) is 62.1 Å². The maximum Gasteiger partial charge on any atom is 0.251 e. The van der Waals surface area contributed by atoms with Crippen LogP contribution in [0.2, 0.25) is 5.02 Å². The number of alkyl halides is 1. The zero-order valence-electron chi connectivity index (χ0n) is 28.0. The molecule has 2 aromatic rings. The fourth-order valence-corrected chi connectivity index (χ4v) is 11.8. The van der Waals surface area contributed by atoms with Crippen LogP contribution in [0.4, 0.5) is 11.4 Å². The summed E-state index contributed by atoms with van der Waals surface area (Å²) in [6.07, 6.45) is 4.53. The van der Waals surface area contributed by atoms with E-state index in [9.17, 15) is 14.7 Å². The maximum atomic E-state index is 15.2. The minimum absolute atomic E-state index is 0.100. The van der Waals surface area contributed by atoms with Crippen LogP contribution in [0, 0.1) is 24.7 Å². The Bertz CT molecular complexity index is 1540. The van der Waals surface area contributed by atoms with Gasteiger partial charge in [0.25, 0.3) is 5.91 Å². The van der Waals surface area contributed by atoms with Crippen LogP contribution in [0.25, 0.3) is 0 Å². The summed E-state index contributed by atoms with van der Waals surface area (Å²) in [5, 5.41) is 11.0. The van der Waals surface area contributed by atoms with E-state index >= 15 is 4.79 Å². The quantitative estimate of drug-likeness (QED) is 0.171. The molecule has 3 fully saturated rings. The number of halogens is 2. The second-order valence-electron chi connectivity index (χ2n) is 12.9. The van der Waals surface area contributed by atoms with Gasteiger partial charge in [0.15, 0.2) is 0 Å². The van der Waals surface area contributed by atoms with E-state index in [1.807, 2.05) is 64.1 Å². The van der Waals surface area contributed by atoms with Crippen molar-refractivity contribution >= 4 is 68.4 Å². The zero-order chi connectivity index (χ0) is 34.9. The van der Waals surface area contributed by atoms with E-state index in [4.69, 9.17) is 16.3 Å². The van der Waals surface area contributed by atoms with E-state index in [1.54, 1.807) is 44.7 Å². The molecule has 3 amide bonds. The number of carbonyl (C=O) groups is 3. The number of rotatable bonds is 14. The molecule has 2 bridgehead atoms. The van der Waals surface area contributed by atoms with Crippen LogP contribution in [0.3, 0.4) is 0 Å². The van der Waals surface area contributed by atoms with Crippen molar-refractivity contribution in [3.63, 3.8) is 0 Å². The van der Waals surface area contributed by atoms with E-state index in [0.717, 1.165) is 5.56 Å². The SMILES string of the molecule is C=CCN(C(=O)[C@H]1[C@@H]2SC3(CC2Br)C(C(=O)N(CC=C)c2c(C)cccc2Cl)N([C@@H](CO)[C@@H](C)CC)C(=O)[C@H]13)c1ccc(OCC)cc1. The van der Waals surface area contributed by atoms with E-state index in [0.29, 0.717) is 41.6 Å². The Labute approximate surface area is 301 Å². The van der Waals surface area contributed by atoms with Crippen LogP contribution >= 0.6 is 39.3 Å². The molecular weight excluding hydrogens is 714 g/mol. The van der Waals surface area contributed by atoms with Crippen molar-refractivity contribution in [2.24, 2.45) is 17.8 Å². The predicted molar refractivity (Wildman–Crippen MR) is 198 cm³/mol.